The molecule has 0 aromatic heterocycles. The molecule has 0 aliphatic carbocycles. The van der Waals surface area contributed by atoms with Crippen molar-refractivity contribution in [3.8, 4) is 24.7 Å². The Morgan fingerprint density at radius 3 is 1.71 bits per heavy atom. The minimum atomic E-state index is 1.09. The van der Waals surface area contributed by atoms with Gasteiger partial charge >= 0.3 is 0 Å². The van der Waals surface area contributed by atoms with Crippen molar-refractivity contribution in [2.24, 2.45) is 0 Å². The summed E-state index contributed by atoms with van der Waals surface area (Å²) in [6, 6.07) is 6.35. The van der Waals surface area contributed by atoms with Crippen LogP contribution in [0, 0.1) is 31.6 Å². The third-order valence-corrected chi connectivity index (χ3v) is 2.59. The summed E-state index contributed by atoms with van der Waals surface area (Å²) in [5, 5.41) is 0. The van der Waals surface area contributed by atoms with E-state index >= 15 is 0 Å². The number of allylic oxidation sites excluding steroid dienone is 4. The van der Waals surface area contributed by atoms with Crippen LogP contribution in [-0.4, -0.2) is 0 Å². The van der Waals surface area contributed by atoms with Gasteiger partial charge in [0.2, 0.25) is 0 Å². The van der Waals surface area contributed by atoms with Gasteiger partial charge in [0, 0.05) is 0 Å². The van der Waals surface area contributed by atoms with Gasteiger partial charge in [0.15, 0.2) is 0 Å². The van der Waals surface area contributed by atoms with E-state index in [-0.39, 0.29) is 0 Å². The highest BCUT2D eigenvalue weighted by molar-refractivity contribution is 5.73. The first kappa shape index (κ1) is 12.9. The number of aryl methyl sites for hydroxylation is 1. The van der Waals surface area contributed by atoms with Crippen molar-refractivity contribution in [1.82, 2.24) is 0 Å². The molecule has 84 valence electrons. The fraction of sp³-hybridized carbons (Fsp3) is 0.176. The normalized spacial score (nSPS) is 11.8. The van der Waals surface area contributed by atoms with Gasteiger partial charge in [-0.1, -0.05) is 24.0 Å². The van der Waals surface area contributed by atoms with Crippen LogP contribution >= 0.6 is 0 Å². The number of benzene rings is 1. The third kappa shape index (κ3) is 3.40. The summed E-state index contributed by atoms with van der Waals surface area (Å²) in [6.45, 7) is 6.09. The van der Waals surface area contributed by atoms with Crippen LogP contribution < -0.4 is 0 Å². The Morgan fingerprint density at radius 2 is 1.35 bits per heavy atom. The summed E-state index contributed by atoms with van der Waals surface area (Å²) >= 11 is 0. The molecule has 0 N–H and O–H groups in total. The van der Waals surface area contributed by atoms with Gasteiger partial charge in [0.05, 0.1) is 0 Å². The molecule has 0 amide bonds. The number of terminal acetylenes is 2. The molecule has 1 aromatic carbocycles. The molecule has 0 radical (unpaired) electrons. The lowest BCUT2D eigenvalue weighted by Gasteiger charge is -2.07. The molecule has 0 bridgehead atoms. The number of hydrogen-bond acceptors (Lipinski definition) is 0. The minimum absolute atomic E-state index is 1.09. The van der Waals surface area contributed by atoms with Crippen molar-refractivity contribution in [1.29, 1.82) is 0 Å². The van der Waals surface area contributed by atoms with Gasteiger partial charge in [-0.25, -0.2) is 0 Å². The highest BCUT2D eigenvalue weighted by atomic mass is 14.1. The Kier molecular flexibility index (Phi) is 4.38. The van der Waals surface area contributed by atoms with E-state index in [1.165, 1.54) is 5.56 Å². The lowest BCUT2D eigenvalue weighted by Crippen LogP contribution is -1.87. The highest BCUT2D eigenvalue weighted by Crippen LogP contribution is 2.22. The summed E-state index contributed by atoms with van der Waals surface area (Å²) in [6.07, 6.45) is 14.1. The summed E-state index contributed by atoms with van der Waals surface area (Å²) in [5.74, 6) is 5.10. The predicted octanol–water partition coefficient (Wildman–Crippen LogP) is 4.07. The van der Waals surface area contributed by atoms with Gasteiger partial charge in [-0.2, -0.15) is 0 Å². The number of hydrogen-bond donors (Lipinski definition) is 0. The highest BCUT2D eigenvalue weighted by Gasteiger charge is 2.01. The molecule has 0 fully saturated rings. The SMILES string of the molecule is C#C/C=C(\C)c1cc(C)cc(/C(C)=C/C#C)c1. The maximum atomic E-state index is 5.29. The molecule has 0 aliphatic heterocycles. The average molecular weight is 220 g/mol. The Labute approximate surface area is 104 Å². The van der Waals surface area contributed by atoms with Crippen molar-refractivity contribution < 1.29 is 0 Å². The minimum Gasteiger partial charge on any atom is -0.115 e. The maximum Gasteiger partial charge on any atom is -0.00863 e. The van der Waals surface area contributed by atoms with Crippen LogP contribution in [0.4, 0.5) is 0 Å². The first-order valence-electron chi connectivity index (χ1n) is 5.46. The van der Waals surface area contributed by atoms with Crippen LogP contribution in [0.25, 0.3) is 11.1 Å². The summed E-state index contributed by atoms with van der Waals surface area (Å²) in [7, 11) is 0. The van der Waals surface area contributed by atoms with Crippen molar-refractivity contribution >= 4 is 11.1 Å². The zero-order valence-corrected chi connectivity index (χ0v) is 10.5. The molecule has 1 rings (SSSR count). The average Bonchev–Trinajstić information content (AvgIpc) is 2.29. The molecule has 1 aromatic rings. The molecule has 0 unspecified atom stereocenters. The fourth-order valence-electron chi connectivity index (χ4n) is 1.66. The monoisotopic (exact) mass is 220 g/mol. The standard InChI is InChI=1S/C17H16/c1-6-8-14(4)16-10-13(3)11-17(12-16)15(5)9-7-2/h1-2,8-12H,3-5H3/b14-8+,15-9+. The molecule has 0 aliphatic rings. The van der Waals surface area contributed by atoms with Crippen LogP contribution in [0.2, 0.25) is 0 Å². The molecule has 0 atom stereocenters. The molecule has 0 heterocycles. The lowest BCUT2D eigenvalue weighted by molar-refractivity contribution is 1.40. The van der Waals surface area contributed by atoms with Gasteiger partial charge in [-0.3, -0.25) is 0 Å². The molecular formula is C17H16. The van der Waals surface area contributed by atoms with Gasteiger partial charge < -0.3 is 0 Å². The molecule has 0 spiro atoms. The van der Waals surface area contributed by atoms with Crippen LogP contribution in [0.3, 0.4) is 0 Å². The van der Waals surface area contributed by atoms with E-state index in [2.05, 4.69) is 37.0 Å². The topological polar surface area (TPSA) is 0 Å². The van der Waals surface area contributed by atoms with Crippen LogP contribution in [0.5, 0.6) is 0 Å². The Morgan fingerprint density at radius 1 is 0.941 bits per heavy atom. The third-order valence-electron chi connectivity index (χ3n) is 2.59. The Bertz CT molecular complexity index is 506. The van der Waals surface area contributed by atoms with E-state index in [0.29, 0.717) is 0 Å². The van der Waals surface area contributed by atoms with E-state index in [0.717, 1.165) is 22.3 Å². The van der Waals surface area contributed by atoms with Crippen molar-refractivity contribution in [3.63, 3.8) is 0 Å². The van der Waals surface area contributed by atoms with Gasteiger partial charge in [-0.15, -0.1) is 12.8 Å². The van der Waals surface area contributed by atoms with Crippen LogP contribution in [0.1, 0.15) is 30.5 Å². The Hall–Kier alpha value is -2.18. The number of rotatable bonds is 2. The molecule has 0 heteroatoms. The first-order valence-corrected chi connectivity index (χ1v) is 5.46. The van der Waals surface area contributed by atoms with E-state index < -0.39 is 0 Å². The zero-order valence-electron chi connectivity index (χ0n) is 10.5. The fourth-order valence-corrected chi connectivity index (χ4v) is 1.66. The maximum absolute atomic E-state index is 5.29. The summed E-state index contributed by atoms with van der Waals surface area (Å²) in [4.78, 5) is 0. The second-order valence-electron chi connectivity index (χ2n) is 4.08. The molecule has 0 saturated heterocycles. The summed E-state index contributed by atoms with van der Waals surface area (Å²) in [5.41, 5.74) is 5.66. The van der Waals surface area contributed by atoms with E-state index in [9.17, 15) is 0 Å². The summed E-state index contributed by atoms with van der Waals surface area (Å²) < 4.78 is 0. The first-order chi connectivity index (χ1) is 8.08. The smallest absolute Gasteiger partial charge is 0.00863 e. The second kappa shape index (κ2) is 5.78. The van der Waals surface area contributed by atoms with E-state index in [1.54, 1.807) is 12.2 Å². The zero-order chi connectivity index (χ0) is 12.8. The predicted molar refractivity (Wildman–Crippen MR) is 76.1 cm³/mol. The second-order valence-corrected chi connectivity index (χ2v) is 4.08. The van der Waals surface area contributed by atoms with Crippen molar-refractivity contribution in [2.45, 2.75) is 20.8 Å². The van der Waals surface area contributed by atoms with Gasteiger partial charge in [0.1, 0.15) is 0 Å². The quantitative estimate of drug-likeness (QED) is 0.659. The van der Waals surface area contributed by atoms with Crippen molar-refractivity contribution in [2.75, 3.05) is 0 Å². The van der Waals surface area contributed by atoms with Gasteiger partial charge in [-0.05, 0) is 66.8 Å². The largest absolute Gasteiger partial charge is 0.115 e. The lowest BCUT2D eigenvalue weighted by atomic mass is 9.97. The molecular weight excluding hydrogens is 204 g/mol. The molecule has 17 heavy (non-hydrogen) atoms. The van der Waals surface area contributed by atoms with Gasteiger partial charge in [0.25, 0.3) is 0 Å². The molecule has 0 nitrogen and oxygen atoms in total. The van der Waals surface area contributed by atoms with Crippen LogP contribution in [0.15, 0.2) is 30.4 Å². The Balaban J connectivity index is 3.31. The van der Waals surface area contributed by atoms with E-state index in [4.69, 9.17) is 12.8 Å². The van der Waals surface area contributed by atoms with Crippen molar-refractivity contribution in [3.05, 3.63) is 47.0 Å². The van der Waals surface area contributed by atoms with E-state index in [1.807, 2.05) is 13.8 Å². The van der Waals surface area contributed by atoms with Crippen LogP contribution in [-0.2, 0) is 0 Å². The molecule has 0 saturated carbocycles.